The fourth-order valence-corrected chi connectivity index (χ4v) is 5.51. The Kier molecular flexibility index (Phi) is 5.81. The van der Waals surface area contributed by atoms with Crippen molar-refractivity contribution in [2.75, 3.05) is 32.8 Å². The smallest absolute Gasteiger partial charge is 0.240 e. The summed E-state index contributed by atoms with van der Waals surface area (Å²) in [5.74, 6) is 0.0609. The third-order valence-corrected chi connectivity index (χ3v) is 7.18. The van der Waals surface area contributed by atoms with Gasteiger partial charge in [0.25, 0.3) is 0 Å². The van der Waals surface area contributed by atoms with Crippen LogP contribution in [0.1, 0.15) is 38.2 Å². The van der Waals surface area contributed by atoms with Gasteiger partial charge in [0.15, 0.2) is 0 Å². The second kappa shape index (κ2) is 8.69. The summed E-state index contributed by atoms with van der Waals surface area (Å²) in [5.41, 5.74) is 2.47. The zero-order valence-corrected chi connectivity index (χ0v) is 18.1. The molecule has 30 heavy (non-hydrogen) atoms. The van der Waals surface area contributed by atoms with Gasteiger partial charge in [-0.2, -0.15) is 0 Å². The molecule has 0 bridgehead atoms. The molecule has 1 aromatic heterocycles. The average Bonchev–Trinajstić information content (AvgIpc) is 3.48. The van der Waals surface area contributed by atoms with Gasteiger partial charge < -0.3 is 14.6 Å². The van der Waals surface area contributed by atoms with Crippen molar-refractivity contribution in [3.8, 4) is 0 Å². The van der Waals surface area contributed by atoms with Crippen molar-refractivity contribution in [2.24, 2.45) is 0 Å². The van der Waals surface area contributed by atoms with E-state index in [1.807, 2.05) is 0 Å². The maximum Gasteiger partial charge on any atom is 0.240 e. The molecule has 6 nitrogen and oxygen atoms in total. The van der Waals surface area contributed by atoms with Crippen molar-refractivity contribution in [1.82, 2.24) is 19.7 Å². The van der Waals surface area contributed by atoms with Crippen LogP contribution in [0, 0.1) is 0 Å². The average molecular weight is 411 g/mol. The molecule has 3 aliphatic rings. The second-order valence-electron chi connectivity index (χ2n) is 9.31. The lowest BCUT2D eigenvalue weighted by atomic mass is 10.1. The molecule has 0 saturated carbocycles. The molecule has 162 valence electrons. The number of hydrogen-bond donors (Lipinski definition) is 1. The van der Waals surface area contributed by atoms with E-state index in [1.54, 1.807) is 0 Å². The van der Waals surface area contributed by atoms with E-state index in [0.29, 0.717) is 19.1 Å². The first-order valence-corrected chi connectivity index (χ1v) is 11.6. The molecule has 3 fully saturated rings. The fourth-order valence-electron chi connectivity index (χ4n) is 5.51. The van der Waals surface area contributed by atoms with Crippen LogP contribution >= 0.6 is 0 Å². The molecule has 3 aliphatic heterocycles. The zero-order valence-electron chi connectivity index (χ0n) is 18.1. The number of rotatable bonds is 6. The highest BCUT2D eigenvalue weighted by Gasteiger charge is 2.34. The molecule has 0 unspecified atom stereocenters. The maximum absolute atomic E-state index is 12.6. The second-order valence-corrected chi connectivity index (χ2v) is 9.31. The highest BCUT2D eigenvalue weighted by Crippen LogP contribution is 2.28. The third-order valence-electron chi connectivity index (χ3n) is 7.18. The van der Waals surface area contributed by atoms with Gasteiger partial charge in [0.1, 0.15) is 6.54 Å². The number of ether oxygens (including phenoxy) is 1. The molecule has 1 N–H and O–H groups in total. The molecule has 0 aliphatic carbocycles. The van der Waals surface area contributed by atoms with E-state index in [4.69, 9.17) is 4.74 Å². The Balaban J connectivity index is 1.29. The zero-order chi connectivity index (χ0) is 20.5. The van der Waals surface area contributed by atoms with Crippen molar-refractivity contribution in [2.45, 2.75) is 63.9 Å². The van der Waals surface area contributed by atoms with Gasteiger partial charge in [0, 0.05) is 62.0 Å². The minimum absolute atomic E-state index is 0.0609. The predicted molar refractivity (Wildman–Crippen MR) is 118 cm³/mol. The summed E-state index contributed by atoms with van der Waals surface area (Å²) < 4.78 is 7.74. The van der Waals surface area contributed by atoms with Crippen molar-refractivity contribution in [1.29, 1.82) is 0 Å². The number of nitrogens with one attached hydrogen (secondary N) is 1. The minimum atomic E-state index is 0.0609. The van der Waals surface area contributed by atoms with Crippen LogP contribution in [0.3, 0.4) is 0 Å². The summed E-state index contributed by atoms with van der Waals surface area (Å²) in [6.07, 6.45) is 7.19. The highest BCUT2D eigenvalue weighted by atomic mass is 16.5. The van der Waals surface area contributed by atoms with Crippen LogP contribution in [0.25, 0.3) is 10.9 Å². The van der Waals surface area contributed by atoms with Crippen molar-refractivity contribution in [3.05, 3.63) is 36.0 Å². The van der Waals surface area contributed by atoms with Crippen molar-refractivity contribution < 1.29 is 9.53 Å². The first-order valence-electron chi connectivity index (χ1n) is 11.6. The van der Waals surface area contributed by atoms with E-state index in [-0.39, 0.29) is 12.0 Å². The number of nitrogens with zero attached hydrogens (tertiary/aromatic N) is 3. The Morgan fingerprint density at radius 2 is 2.10 bits per heavy atom. The van der Waals surface area contributed by atoms with Gasteiger partial charge in [-0.25, -0.2) is 0 Å². The van der Waals surface area contributed by atoms with Gasteiger partial charge >= 0.3 is 0 Å². The summed E-state index contributed by atoms with van der Waals surface area (Å²) in [7, 11) is 0. The van der Waals surface area contributed by atoms with Crippen LogP contribution in [-0.4, -0.2) is 71.2 Å². The van der Waals surface area contributed by atoms with E-state index >= 15 is 0 Å². The van der Waals surface area contributed by atoms with Gasteiger partial charge in [-0.05, 0) is 50.8 Å². The molecular weight excluding hydrogens is 376 g/mol. The predicted octanol–water partition coefficient (Wildman–Crippen LogP) is 2.61. The molecule has 3 saturated heterocycles. The molecular formula is C24H34N4O2. The van der Waals surface area contributed by atoms with Gasteiger partial charge in [-0.15, -0.1) is 0 Å². The number of fused-ring (bicyclic) bond motifs is 2. The van der Waals surface area contributed by atoms with Crippen LogP contribution in [0.15, 0.2) is 30.5 Å². The van der Waals surface area contributed by atoms with E-state index in [2.05, 4.69) is 57.1 Å². The van der Waals surface area contributed by atoms with Crippen LogP contribution in [-0.2, 0) is 22.6 Å². The van der Waals surface area contributed by atoms with E-state index in [0.717, 1.165) is 44.1 Å². The number of aromatic nitrogens is 1. The number of benzene rings is 1. The van der Waals surface area contributed by atoms with E-state index in [1.165, 1.54) is 36.9 Å². The monoisotopic (exact) mass is 410 g/mol. The fraction of sp³-hybridized carbons (Fsp3) is 0.625. The third kappa shape index (κ3) is 4.13. The minimum Gasteiger partial charge on any atom is -0.376 e. The Bertz CT molecular complexity index is 888. The van der Waals surface area contributed by atoms with Crippen LogP contribution in [0.5, 0.6) is 0 Å². The molecule has 1 amide bonds. The molecule has 0 radical (unpaired) electrons. The van der Waals surface area contributed by atoms with Gasteiger partial charge in [-0.3, -0.25) is 14.6 Å². The Hall–Kier alpha value is -1.89. The first kappa shape index (κ1) is 20.0. The summed E-state index contributed by atoms with van der Waals surface area (Å²) in [6, 6.07) is 9.78. The molecule has 6 heteroatoms. The van der Waals surface area contributed by atoms with Gasteiger partial charge in [0.2, 0.25) is 5.91 Å². The Labute approximate surface area is 179 Å². The quantitative estimate of drug-likeness (QED) is 0.795. The molecule has 1 aromatic carbocycles. The Morgan fingerprint density at radius 3 is 2.97 bits per heavy atom. The Morgan fingerprint density at radius 1 is 1.20 bits per heavy atom. The molecule has 5 rings (SSSR count). The van der Waals surface area contributed by atoms with Gasteiger partial charge in [-0.1, -0.05) is 18.2 Å². The van der Waals surface area contributed by atoms with Crippen molar-refractivity contribution in [3.63, 3.8) is 0 Å². The normalized spacial score (nSPS) is 27.6. The lowest BCUT2D eigenvalue weighted by Crippen LogP contribution is -2.54. The number of amides is 1. The lowest BCUT2D eigenvalue weighted by molar-refractivity contribution is -0.122. The number of carbonyl (C=O) groups is 1. The maximum atomic E-state index is 12.6. The van der Waals surface area contributed by atoms with Crippen LogP contribution in [0.2, 0.25) is 0 Å². The molecule has 3 atom stereocenters. The highest BCUT2D eigenvalue weighted by molar-refractivity contribution is 5.86. The number of carbonyl (C=O) groups excluding carboxylic acids is 1. The van der Waals surface area contributed by atoms with E-state index < -0.39 is 0 Å². The summed E-state index contributed by atoms with van der Waals surface area (Å²) in [4.78, 5) is 17.9. The van der Waals surface area contributed by atoms with Crippen molar-refractivity contribution >= 4 is 16.8 Å². The number of piperazine rings is 1. The van der Waals surface area contributed by atoms with E-state index in [9.17, 15) is 4.79 Å². The first-order chi connectivity index (χ1) is 14.7. The largest absolute Gasteiger partial charge is 0.376 e. The number of para-hydroxylation sites is 1. The summed E-state index contributed by atoms with van der Waals surface area (Å²) in [6.45, 7) is 8.70. The van der Waals surface area contributed by atoms with Gasteiger partial charge in [0.05, 0.1) is 6.10 Å². The summed E-state index contributed by atoms with van der Waals surface area (Å²) in [5, 5.41) is 4.33. The summed E-state index contributed by atoms with van der Waals surface area (Å²) >= 11 is 0. The SMILES string of the molecule is C[C@H]1CN2CCC[C@H]2CN1Cc1cn(CC(=O)NC[C@H]2CCCO2)c2ccccc12. The van der Waals surface area contributed by atoms with Crippen LogP contribution < -0.4 is 5.32 Å². The lowest BCUT2D eigenvalue weighted by Gasteiger charge is -2.42. The molecule has 4 heterocycles. The standard InChI is InChI=1S/C24H34N4O2/c1-18-13-26-10-4-6-20(26)16-27(18)14-19-15-28(23-9-3-2-8-22(19)23)17-24(29)25-12-21-7-5-11-30-21/h2-3,8-9,15,18,20-21H,4-7,10-14,16-17H2,1H3,(H,25,29)/t18-,20-,21+/m0/s1. The molecule has 0 spiro atoms. The molecule has 2 aromatic rings. The van der Waals surface area contributed by atoms with Crippen LogP contribution in [0.4, 0.5) is 0 Å². The topological polar surface area (TPSA) is 49.7 Å². The number of hydrogen-bond acceptors (Lipinski definition) is 4.